The number of carbonyl (C=O) groups excluding carboxylic acids is 2. The molecule has 4 N–H and O–H groups in total. The van der Waals surface area contributed by atoms with Crippen LogP contribution in [0.25, 0.3) is 33.4 Å². The van der Waals surface area contributed by atoms with Gasteiger partial charge in [0.15, 0.2) is 0 Å². The molecule has 0 saturated heterocycles. The van der Waals surface area contributed by atoms with Crippen LogP contribution < -0.4 is 21.4 Å². The van der Waals surface area contributed by atoms with Crippen molar-refractivity contribution in [1.29, 1.82) is 10.5 Å². The highest BCUT2D eigenvalue weighted by Gasteiger charge is 2.29. The Morgan fingerprint density at radius 3 is 0.975 bits per heavy atom. The number of benzene rings is 4. The van der Waals surface area contributed by atoms with Gasteiger partial charge in [0.05, 0.1) is 73.7 Å². The Hall–Kier alpha value is -7.26. The molecule has 4 aromatic heterocycles. The number of Topliss-reactive ketones (excluding diaryl/α,β-unsaturated/α-hetero) is 2. The van der Waals surface area contributed by atoms with Gasteiger partial charge in [0.2, 0.25) is 11.6 Å². The molecule has 4 aromatic carbocycles. The topological polar surface area (TPSA) is 170 Å². The van der Waals surface area contributed by atoms with Crippen LogP contribution in [0.1, 0.15) is 33.6 Å². The number of H-pyrrole nitrogens is 4. The summed E-state index contributed by atoms with van der Waals surface area (Å²) in [6.45, 7) is 0. The third-order valence-corrected chi connectivity index (χ3v) is 15.9. The van der Waals surface area contributed by atoms with E-state index in [1.165, 1.54) is 12.1 Å². The molecule has 20 heteroatoms. The van der Waals surface area contributed by atoms with E-state index in [2.05, 4.69) is 19.9 Å². The number of aliphatic imine (C=N–C) groups is 2. The average molecular weight is 1250 g/mol. The normalized spacial score (nSPS) is 16.1. The van der Waals surface area contributed by atoms with Crippen LogP contribution in [-0.4, -0.2) is 42.9 Å². The van der Waals surface area contributed by atoms with Gasteiger partial charge in [-0.25, -0.2) is 9.98 Å². The van der Waals surface area contributed by atoms with Crippen LogP contribution in [0.15, 0.2) is 189 Å². The van der Waals surface area contributed by atoms with Gasteiger partial charge < -0.3 is 19.9 Å². The van der Waals surface area contributed by atoms with Gasteiger partial charge in [-0.2, -0.15) is 10.5 Å². The maximum absolute atomic E-state index is 14.3. The van der Waals surface area contributed by atoms with E-state index in [1.807, 2.05) is 36.4 Å². The molecule has 0 bridgehead atoms. The smallest absolute Gasteiger partial charge is 0.218 e. The number of halogens is 10. The predicted molar refractivity (Wildman–Crippen MR) is 325 cm³/mol. The van der Waals surface area contributed by atoms with Crippen LogP contribution in [0.3, 0.4) is 0 Å². The van der Waals surface area contributed by atoms with Crippen LogP contribution in [0, 0.1) is 22.7 Å². The van der Waals surface area contributed by atoms with Gasteiger partial charge >= 0.3 is 0 Å². The molecule has 0 spiro atoms. The standard InChI is InChI=1S/C60H30Cl10N8O2/c61-31-7-1-8-32(62)49(31)53(41-15-5-25-73-41)43-21-23-47(77-43)55(51-35(65)11-3-12-36(51)66)45-19-17-39(75-45)29(27-71)59(79)57(69)58(70)60(80)30(28-72)40-18-20-46(76-40)56(52-37(67)13-4-14-38(52)68)48-24-22-44(78-48)54(42-16-6-26-74-42)50-33(63)9-2-10-34(50)64/h1-26,73-76H/b39-29-,40-30-,53-43-,54-44-,55-45+,56-46+,58-57-. The zero-order valence-electron chi connectivity index (χ0n) is 40.4. The Kier molecular flexibility index (Phi) is 16.7. The number of hydrogen-bond donors (Lipinski definition) is 4. The molecule has 0 atom stereocenters. The molecular formula is C60H30Cl10N8O2. The Bertz CT molecular complexity index is 4170. The maximum atomic E-state index is 14.3. The molecular weight excluding hydrogens is 1220 g/mol. The van der Waals surface area contributed by atoms with Gasteiger partial charge in [-0.05, 0) is 121 Å². The van der Waals surface area contributed by atoms with Gasteiger partial charge in [-0.3, -0.25) is 9.59 Å². The van der Waals surface area contributed by atoms with E-state index in [4.69, 9.17) is 126 Å². The van der Waals surface area contributed by atoms with E-state index in [-0.39, 0.29) is 30.8 Å². The molecule has 0 unspecified atom stereocenters. The summed E-state index contributed by atoms with van der Waals surface area (Å²) in [4.78, 5) is 51.3. The quantitative estimate of drug-likeness (QED) is 0.0894. The number of aromatic nitrogens is 4. The molecule has 0 fully saturated rings. The van der Waals surface area contributed by atoms with Crippen molar-refractivity contribution in [1.82, 2.24) is 19.9 Å². The number of rotatable bonds is 12. The van der Waals surface area contributed by atoms with E-state index < -0.39 is 32.8 Å². The number of allylic oxidation sites excluding steroid dienone is 6. The van der Waals surface area contributed by atoms with Crippen molar-refractivity contribution in [3.63, 3.8) is 0 Å². The average Bonchev–Trinajstić information content (AvgIpc) is 4.31. The van der Waals surface area contributed by atoms with E-state index in [1.54, 1.807) is 122 Å². The fourth-order valence-electron chi connectivity index (χ4n) is 9.06. The number of nitriles is 2. The molecule has 80 heavy (non-hydrogen) atoms. The van der Waals surface area contributed by atoms with Gasteiger partial charge in [0.25, 0.3) is 0 Å². The first kappa shape index (κ1) is 56.0. The number of carbonyl (C=O) groups is 2. The van der Waals surface area contributed by atoms with Crippen molar-refractivity contribution >= 4 is 172 Å². The molecule has 6 heterocycles. The highest BCUT2D eigenvalue weighted by atomic mass is 35.5. The minimum Gasteiger partial charge on any atom is -0.361 e. The molecule has 0 radical (unpaired) electrons. The number of aromatic amines is 4. The van der Waals surface area contributed by atoms with Gasteiger partial charge in [-0.15, -0.1) is 0 Å². The van der Waals surface area contributed by atoms with Crippen molar-refractivity contribution in [2.45, 2.75) is 0 Å². The molecule has 392 valence electrons. The second kappa shape index (κ2) is 23.8. The van der Waals surface area contributed by atoms with Crippen LogP contribution in [0.2, 0.25) is 40.2 Å². The van der Waals surface area contributed by atoms with Crippen molar-refractivity contribution in [3.8, 4) is 12.1 Å². The Labute approximate surface area is 505 Å². The number of hydrogen-bond acceptors (Lipinski definition) is 6. The van der Waals surface area contributed by atoms with Crippen molar-refractivity contribution in [2.24, 2.45) is 9.98 Å². The summed E-state index contributed by atoms with van der Waals surface area (Å²) in [6.07, 6.45) is 10.6. The fourth-order valence-corrected chi connectivity index (χ4v) is 11.8. The zero-order valence-corrected chi connectivity index (χ0v) is 48.0. The summed E-state index contributed by atoms with van der Waals surface area (Å²) in [6, 6.07) is 37.6. The molecule has 8 aromatic rings. The number of ketones is 2. The minimum absolute atomic E-state index is 0.0202. The number of nitrogens with zero attached hydrogens (tertiary/aromatic N) is 4. The van der Waals surface area contributed by atoms with Crippen LogP contribution >= 0.6 is 116 Å². The van der Waals surface area contributed by atoms with Crippen molar-refractivity contribution in [2.75, 3.05) is 0 Å². The van der Waals surface area contributed by atoms with Gasteiger partial charge in [0, 0.05) is 79.0 Å². The molecule has 0 aliphatic carbocycles. The molecule has 0 saturated carbocycles. The third-order valence-electron chi connectivity index (χ3n) is 12.6. The van der Waals surface area contributed by atoms with Crippen LogP contribution in [-0.2, 0) is 9.59 Å². The molecule has 10 nitrogen and oxygen atoms in total. The van der Waals surface area contributed by atoms with Crippen LogP contribution in [0.5, 0.6) is 0 Å². The second-order valence-corrected chi connectivity index (χ2v) is 21.3. The Balaban J connectivity index is 1.08. The molecule has 0 amide bonds. The Morgan fingerprint density at radius 2 is 0.688 bits per heavy atom. The van der Waals surface area contributed by atoms with Crippen molar-refractivity contribution in [3.05, 3.63) is 275 Å². The molecule has 10 rings (SSSR count). The Morgan fingerprint density at radius 1 is 0.388 bits per heavy atom. The fraction of sp³-hybridized carbons (Fsp3) is 0. The summed E-state index contributed by atoms with van der Waals surface area (Å²) in [5.41, 5.74) is 5.86. The summed E-state index contributed by atoms with van der Waals surface area (Å²) in [5.74, 6) is -2.26. The van der Waals surface area contributed by atoms with Gasteiger partial charge in [0.1, 0.15) is 33.3 Å². The lowest BCUT2D eigenvalue weighted by atomic mass is 10.00. The number of nitrogens with one attached hydrogen (secondary N) is 4. The lowest BCUT2D eigenvalue weighted by Gasteiger charge is -2.13. The molecule has 2 aliphatic rings. The van der Waals surface area contributed by atoms with Crippen LogP contribution in [0.4, 0.5) is 0 Å². The first-order chi connectivity index (χ1) is 38.6. The van der Waals surface area contributed by atoms with Gasteiger partial charge in [-0.1, -0.05) is 140 Å². The largest absolute Gasteiger partial charge is 0.361 e. The first-order valence-corrected chi connectivity index (χ1v) is 27.3. The maximum Gasteiger partial charge on any atom is 0.218 e. The van der Waals surface area contributed by atoms with Crippen molar-refractivity contribution < 1.29 is 9.59 Å². The first-order valence-electron chi connectivity index (χ1n) is 23.5. The minimum atomic E-state index is -1.13. The van der Waals surface area contributed by atoms with E-state index in [0.29, 0.717) is 110 Å². The lowest BCUT2D eigenvalue weighted by Crippen LogP contribution is -2.22. The summed E-state index contributed by atoms with van der Waals surface area (Å²) >= 11 is 67.7. The van der Waals surface area contributed by atoms with E-state index in [9.17, 15) is 20.1 Å². The highest BCUT2D eigenvalue weighted by Crippen LogP contribution is 2.42. The summed E-state index contributed by atoms with van der Waals surface area (Å²) < 4.78 is 0. The third kappa shape index (κ3) is 10.8. The monoisotopic (exact) mass is 1240 g/mol. The summed E-state index contributed by atoms with van der Waals surface area (Å²) in [7, 11) is 0. The predicted octanol–water partition coefficient (Wildman–Crippen LogP) is 14.4. The second-order valence-electron chi connectivity index (χ2n) is 17.3. The zero-order chi connectivity index (χ0) is 56.5. The summed E-state index contributed by atoms with van der Waals surface area (Å²) in [5, 5.41) is 22.6. The SMILES string of the molecule is N#C/C(C(=O)/C(Cl)=C(/Cl)C(=O)/C(C#N)=c1/cc/c(=C(C2=N/C(=C(/c3ccc[nH]3)c3c(Cl)cccc3Cl)C=C2)\c2c(Cl)cccc2Cl)[nH]1)=c1\cc/c(=C(C2=N/C(=C(/c3ccc[nH]3)c3c(Cl)cccc3Cl)C=C2)\c2c(Cl)cccc2Cl)[nH]1. The van der Waals surface area contributed by atoms with E-state index in [0.717, 1.165) is 0 Å². The molecule has 2 aliphatic heterocycles. The van der Waals surface area contributed by atoms with E-state index >= 15 is 0 Å². The lowest BCUT2D eigenvalue weighted by molar-refractivity contribution is -0.112. The highest BCUT2D eigenvalue weighted by molar-refractivity contribution is 6.61.